The predicted molar refractivity (Wildman–Crippen MR) is 74.9 cm³/mol. The number of piperidine rings is 1. The van der Waals surface area contributed by atoms with E-state index in [-0.39, 0.29) is 0 Å². The summed E-state index contributed by atoms with van der Waals surface area (Å²) in [5.41, 5.74) is 4.39. The van der Waals surface area contributed by atoms with E-state index in [2.05, 4.69) is 49.3 Å². The Labute approximate surface area is 105 Å². The molecular weight excluding hydrogens is 208 g/mol. The molecule has 0 saturated carbocycles. The monoisotopic (exact) mass is 232 g/mol. The maximum Gasteiger partial charge on any atom is 0.0428 e. The Morgan fingerprint density at radius 1 is 1.41 bits per heavy atom. The van der Waals surface area contributed by atoms with Gasteiger partial charge in [-0.05, 0) is 44.4 Å². The molecule has 0 aliphatic carbocycles. The van der Waals surface area contributed by atoms with Crippen LogP contribution in [-0.2, 0) is 6.42 Å². The summed E-state index contributed by atoms with van der Waals surface area (Å²) < 4.78 is 0. The van der Waals surface area contributed by atoms with Crippen molar-refractivity contribution in [2.24, 2.45) is 0 Å². The number of likely N-dealkylation sites (N-methyl/N-ethyl adjacent to an activating group) is 1. The molecule has 2 nitrogen and oxygen atoms in total. The van der Waals surface area contributed by atoms with Crippen LogP contribution in [0.4, 0.5) is 5.69 Å². The highest BCUT2D eigenvalue weighted by Gasteiger charge is 2.21. The SMILES string of the molecule is CCc1cccc(C)c1N1CCCC(NC)C1. The average Bonchev–Trinajstić information content (AvgIpc) is 2.38. The Balaban J connectivity index is 2.26. The number of aryl methyl sites for hydroxylation is 2. The molecule has 1 N–H and O–H groups in total. The third-order valence-electron chi connectivity index (χ3n) is 3.85. The number of para-hydroxylation sites is 1. The van der Waals surface area contributed by atoms with E-state index >= 15 is 0 Å². The lowest BCUT2D eigenvalue weighted by molar-refractivity contribution is 0.449. The summed E-state index contributed by atoms with van der Waals surface area (Å²) in [6, 6.07) is 7.33. The molecule has 0 spiro atoms. The Morgan fingerprint density at radius 2 is 2.24 bits per heavy atom. The lowest BCUT2D eigenvalue weighted by atomic mass is 10.00. The van der Waals surface area contributed by atoms with Crippen molar-refractivity contribution < 1.29 is 0 Å². The summed E-state index contributed by atoms with van der Waals surface area (Å²) in [7, 11) is 2.08. The first-order valence-electron chi connectivity index (χ1n) is 6.77. The highest BCUT2D eigenvalue weighted by atomic mass is 15.2. The molecule has 0 aromatic heterocycles. The van der Waals surface area contributed by atoms with Crippen LogP contribution in [0.15, 0.2) is 18.2 Å². The Bertz CT molecular complexity index is 373. The number of hydrogen-bond donors (Lipinski definition) is 1. The molecule has 1 heterocycles. The molecule has 1 aliphatic rings. The van der Waals surface area contributed by atoms with Crippen LogP contribution in [0.1, 0.15) is 30.9 Å². The van der Waals surface area contributed by atoms with Gasteiger partial charge >= 0.3 is 0 Å². The number of rotatable bonds is 3. The van der Waals surface area contributed by atoms with Crippen LogP contribution in [-0.4, -0.2) is 26.2 Å². The summed E-state index contributed by atoms with van der Waals surface area (Å²) in [6.07, 6.45) is 3.72. The molecule has 1 atom stereocenters. The van der Waals surface area contributed by atoms with Gasteiger partial charge in [-0.25, -0.2) is 0 Å². The lowest BCUT2D eigenvalue weighted by Gasteiger charge is -2.36. The van der Waals surface area contributed by atoms with Gasteiger partial charge < -0.3 is 10.2 Å². The van der Waals surface area contributed by atoms with E-state index in [1.807, 2.05) is 0 Å². The van der Waals surface area contributed by atoms with Crippen molar-refractivity contribution in [3.05, 3.63) is 29.3 Å². The van der Waals surface area contributed by atoms with E-state index in [0.29, 0.717) is 6.04 Å². The summed E-state index contributed by atoms with van der Waals surface area (Å²) >= 11 is 0. The molecule has 1 aromatic rings. The van der Waals surface area contributed by atoms with Crippen molar-refractivity contribution >= 4 is 5.69 Å². The average molecular weight is 232 g/mol. The van der Waals surface area contributed by atoms with Crippen LogP contribution in [0.2, 0.25) is 0 Å². The molecule has 1 aliphatic heterocycles. The lowest BCUT2D eigenvalue weighted by Crippen LogP contribution is -2.45. The van der Waals surface area contributed by atoms with Gasteiger partial charge in [-0.3, -0.25) is 0 Å². The van der Waals surface area contributed by atoms with Gasteiger partial charge in [-0.15, -0.1) is 0 Å². The Morgan fingerprint density at radius 3 is 2.94 bits per heavy atom. The van der Waals surface area contributed by atoms with Gasteiger partial charge in [0.15, 0.2) is 0 Å². The topological polar surface area (TPSA) is 15.3 Å². The van der Waals surface area contributed by atoms with Crippen LogP contribution >= 0.6 is 0 Å². The van der Waals surface area contributed by atoms with E-state index in [0.717, 1.165) is 13.0 Å². The minimum atomic E-state index is 0.646. The van der Waals surface area contributed by atoms with Gasteiger partial charge in [0, 0.05) is 24.8 Å². The summed E-state index contributed by atoms with van der Waals surface area (Å²) in [5.74, 6) is 0. The van der Waals surface area contributed by atoms with Crippen molar-refractivity contribution in [1.29, 1.82) is 0 Å². The minimum absolute atomic E-state index is 0.646. The van der Waals surface area contributed by atoms with Crippen LogP contribution in [0.3, 0.4) is 0 Å². The van der Waals surface area contributed by atoms with Crippen molar-refractivity contribution in [3.63, 3.8) is 0 Å². The summed E-state index contributed by atoms with van der Waals surface area (Å²) in [4.78, 5) is 2.57. The van der Waals surface area contributed by atoms with Crippen molar-refractivity contribution in [2.75, 3.05) is 25.0 Å². The quantitative estimate of drug-likeness (QED) is 0.862. The number of nitrogens with zero attached hydrogens (tertiary/aromatic N) is 1. The van der Waals surface area contributed by atoms with Crippen molar-refractivity contribution in [2.45, 2.75) is 39.2 Å². The molecule has 1 aromatic carbocycles. The highest BCUT2D eigenvalue weighted by molar-refractivity contribution is 5.59. The van der Waals surface area contributed by atoms with Gasteiger partial charge in [-0.2, -0.15) is 0 Å². The standard InChI is InChI=1S/C15H24N2/c1-4-13-8-5-7-12(2)15(13)17-10-6-9-14(11-17)16-3/h5,7-8,14,16H,4,6,9-11H2,1-3H3. The second-order valence-corrected chi connectivity index (χ2v) is 5.01. The smallest absolute Gasteiger partial charge is 0.0428 e. The van der Waals surface area contributed by atoms with Gasteiger partial charge in [0.2, 0.25) is 0 Å². The highest BCUT2D eigenvalue weighted by Crippen LogP contribution is 2.28. The van der Waals surface area contributed by atoms with E-state index in [4.69, 9.17) is 0 Å². The Kier molecular flexibility index (Phi) is 4.06. The first-order valence-corrected chi connectivity index (χ1v) is 6.77. The van der Waals surface area contributed by atoms with Gasteiger partial charge in [0.1, 0.15) is 0 Å². The molecule has 2 heteroatoms. The van der Waals surface area contributed by atoms with E-state index in [1.54, 1.807) is 0 Å². The first kappa shape index (κ1) is 12.4. The number of benzene rings is 1. The van der Waals surface area contributed by atoms with Crippen LogP contribution in [0.25, 0.3) is 0 Å². The van der Waals surface area contributed by atoms with Gasteiger partial charge in [0.25, 0.3) is 0 Å². The maximum atomic E-state index is 3.42. The predicted octanol–water partition coefficient (Wildman–Crippen LogP) is 2.75. The molecule has 1 saturated heterocycles. The summed E-state index contributed by atoms with van der Waals surface area (Å²) in [6.45, 7) is 6.83. The number of hydrogen-bond acceptors (Lipinski definition) is 2. The molecule has 1 fully saturated rings. The van der Waals surface area contributed by atoms with Gasteiger partial charge in [-0.1, -0.05) is 25.1 Å². The summed E-state index contributed by atoms with van der Waals surface area (Å²) in [5, 5.41) is 3.42. The van der Waals surface area contributed by atoms with Crippen LogP contribution < -0.4 is 10.2 Å². The molecule has 0 radical (unpaired) electrons. The third-order valence-corrected chi connectivity index (χ3v) is 3.85. The third kappa shape index (κ3) is 2.63. The molecule has 17 heavy (non-hydrogen) atoms. The van der Waals surface area contributed by atoms with E-state index < -0.39 is 0 Å². The van der Waals surface area contributed by atoms with E-state index in [1.165, 1.54) is 36.2 Å². The molecular formula is C15H24N2. The number of anilines is 1. The first-order chi connectivity index (χ1) is 8.26. The molecule has 94 valence electrons. The maximum absolute atomic E-state index is 3.42. The second-order valence-electron chi connectivity index (χ2n) is 5.01. The van der Waals surface area contributed by atoms with Crippen LogP contribution in [0, 0.1) is 6.92 Å². The van der Waals surface area contributed by atoms with E-state index in [9.17, 15) is 0 Å². The molecule has 0 amide bonds. The Hall–Kier alpha value is -1.02. The van der Waals surface area contributed by atoms with Crippen LogP contribution in [0.5, 0.6) is 0 Å². The van der Waals surface area contributed by atoms with Crippen molar-refractivity contribution in [1.82, 2.24) is 5.32 Å². The molecule has 2 rings (SSSR count). The molecule has 0 bridgehead atoms. The van der Waals surface area contributed by atoms with Crippen molar-refractivity contribution in [3.8, 4) is 0 Å². The minimum Gasteiger partial charge on any atom is -0.370 e. The largest absolute Gasteiger partial charge is 0.370 e. The zero-order valence-corrected chi connectivity index (χ0v) is 11.3. The zero-order chi connectivity index (χ0) is 12.3. The zero-order valence-electron chi connectivity index (χ0n) is 11.3. The fraction of sp³-hybridized carbons (Fsp3) is 0.600. The molecule has 1 unspecified atom stereocenters. The van der Waals surface area contributed by atoms with Gasteiger partial charge in [0.05, 0.1) is 0 Å². The fourth-order valence-corrected chi connectivity index (χ4v) is 2.87. The second kappa shape index (κ2) is 5.54. The normalized spacial score (nSPS) is 20.6. The fourth-order valence-electron chi connectivity index (χ4n) is 2.87. The number of nitrogens with one attached hydrogen (secondary N) is 1.